The third-order valence-corrected chi connectivity index (χ3v) is 3.58. The minimum Gasteiger partial charge on any atom is -0.326 e. The Labute approximate surface area is 120 Å². The van der Waals surface area contributed by atoms with Crippen LogP contribution in [0.3, 0.4) is 0 Å². The predicted molar refractivity (Wildman–Crippen MR) is 72.2 cm³/mol. The van der Waals surface area contributed by atoms with Gasteiger partial charge in [0.2, 0.25) is 17.7 Å². The number of nitrogens with one attached hydrogen (secondary N) is 2. The van der Waals surface area contributed by atoms with E-state index in [9.17, 15) is 19.2 Å². The van der Waals surface area contributed by atoms with Crippen LogP contribution in [-0.2, 0) is 20.9 Å². The highest BCUT2D eigenvalue weighted by Crippen LogP contribution is 2.29. The van der Waals surface area contributed by atoms with Gasteiger partial charge in [-0.2, -0.15) is 0 Å². The second kappa shape index (κ2) is 4.69. The molecular weight excluding hydrogens is 274 g/mol. The number of benzene rings is 1. The monoisotopic (exact) mass is 287 g/mol. The van der Waals surface area contributed by atoms with Crippen molar-refractivity contribution in [1.29, 1.82) is 0 Å². The molecule has 0 aromatic heterocycles. The van der Waals surface area contributed by atoms with Gasteiger partial charge in [0.25, 0.3) is 5.91 Å². The van der Waals surface area contributed by atoms with E-state index in [1.165, 1.54) is 11.8 Å². The van der Waals surface area contributed by atoms with Crippen LogP contribution in [0.25, 0.3) is 0 Å². The third-order valence-electron chi connectivity index (χ3n) is 3.58. The zero-order chi connectivity index (χ0) is 15.1. The molecule has 0 saturated carbocycles. The van der Waals surface area contributed by atoms with E-state index in [0.717, 1.165) is 5.56 Å². The molecule has 1 fully saturated rings. The van der Waals surface area contributed by atoms with Gasteiger partial charge in [-0.3, -0.25) is 24.5 Å². The average molecular weight is 287 g/mol. The summed E-state index contributed by atoms with van der Waals surface area (Å²) in [6, 6.07) is 4.23. The van der Waals surface area contributed by atoms with E-state index in [1.54, 1.807) is 18.2 Å². The first kappa shape index (κ1) is 13.3. The fraction of sp³-hybridized carbons (Fsp3) is 0.286. The largest absolute Gasteiger partial charge is 0.326 e. The van der Waals surface area contributed by atoms with Crippen molar-refractivity contribution in [2.75, 3.05) is 5.32 Å². The smallest absolute Gasteiger partial charge is 0.255 e. The van der Waals surface area contributed by atoms with Gasteiger partial charge in [0, 0.05) is 24.7 Å². The van der Waals surface area contributed by atoms with Crippen LogP contribution in [0.1, 0.15) is 29.3 Å². The molecule has 7 heteroatoms. The lowest BCUT2D eigenvalue weighted by Crippen LogP contribution is -2.40. The summed E-state index contributed by atoms with van der Waals surface area (Å²) in [5.74, 6) is -1.28. The highest BCUT2D eigenvalue weighted by molar-refractivity contribution is 6.09. The molecule has 1 atom stereocenters. The highest BCUT2D eigenvalue weighted by atomic mass is 16.2. The molecule has 1 unspecified atom stereocenters. The summed E-state index contributed by atoms with van der Waals surface area (Å²) in [6.07, 6.45) is -0.00286. The first-order valence-corrected chi connectivity index (χ1v) is 6.51. The summed E-state index contributed by atoms with van der Waals surface area (Å²) in [5, 5.41) is 4.85. The van der Waals surface area contributed by atoms with Gasteiger partial charge in [0.05, 0.1) is 6.42 Å². The quantitative estimate of drug-likeness (QED) is 0.749. The maximum Gasteiger partial charge on any atom is 0.255 e. The Morgan fingerprint density at radius 1 is 1.33 bits per heavy atom. The van der Waals surface area contributed by atoms with E-state index in [1.807, 2.05) is 0 Å². The Balaban J connectivity index is 1.86. The van der Waals surface area contributed by atoms with Crippen LogP contribution in [0, 0.1) is 0 Å². The molecule has 1 saturated heterocycles. The van der Waals surface area contributed by atoms with Crippen molar-refractivity contribution in [1.82, 2.24) is 10.2 Å². The number of hydrogen-bond acceptors (Lipinski definition) is 4. The van der Waals surface area contributed by atoms with Crippen molar-refractivity contribution >= 4 is 29.3 Å². The number of imide groups is 1. The van der Waals surface area contributed by atoms with Crippen LogP contribution < -0.4 is 10.6 Å². The maximum atomic E-state index is 12.3. The van der Waals surface area contributed by atoms with Crippen LogP contribution in [0.4, 0.5) is 5.69 Å². The van der Waals surface area contributed by atoms with E-state index in [4.69, 9.17) is 0 Å². The molecule has 1 aromatic rings. The van der Waals surface area contributed by atoms with Crippen molar-refractivity contribution in [3.8, 4) is 0 Å². The van der Waals surface area contributed by atoms with Gasteiger partial charge in [-0.1, -0.05) is 0 Å². The van der Waals surface area contributed by atoms with Crippen molar-refractivity contribution in [3.63, 3.8) is 0 Å². The fourth-order valence-electron chi connectivity index (χ4n) is 2.67. The minimum absolute atomic E-state index is 0.00286. The third kappa shape index (κ3) is 2.26. The second-order valence-electron chi connectivity index (χ2n) is 5.12. The van der Waals surface area contributed by atoms with Gasteiger partial charge in [-0.05, 0) is 23.8 Å². The summed E-state index contributed by atoms with van der Waals surface area (Å²) in [4.78, 5) is 47.7. The first-order valence-electron chi connectivity index (χ1n) is 6.51. The molecular formula is C14H13N3O4. The topological polar surface area (TPSA) is 95.6 Å². The number of rotatable bonds is 2. The summed E-state index contributed by atoms with van der Waals surface area (Å²) >= 11 is 0. The number of anilines is 1. The van der Waals surface area contributed by atoms with Crippen LogP contribution >= 0.6 is 0 Å². The average Bonchev–Trinajstić information content (AvgIpc) is 2.89. The molecule has 0 aliphatic carbocycles. The number of carbonyl (C=O) groups is 4. The van der Waals surface area contributed by atoms with Gasteiger partial charge < -0.3 is 10.2 Å². The molecule has 2 N–H and O–H groups in total. The normalized spacial score (nSPS) is 20.5. The van der Waals surface area contributed by atoms with E-state index < -0.39 is 11.9 Å². The molecule has 1 aromatic carbocycles. The molecule has 2 aliphatic rings. The van der Waals surface area contributed by atoms with E-state index in [-0.39, 0.29) is 30.7 Å². The number of carbonyl (C=O) groups excluding carboxylic acids is 4. The lowest BCUT2D eigenvalue weighted by Gasteiger charge is -2.20. The number of nitrogens with zero attached hydrogens (tertiary/aromatic N) is 1. The lowest BCUT2D eigenvalue weighted by molar-refractivity contribution is -0.126. The zero-order valence-corrected chi connectivity index (χ0v) is 11.3. The van der Waals surface area contributed by atoms with E-state index >= 15 is 0 Å². The Bertz CT molecular complexity index is 683. The summed E-state index contributed by atoms with van der Waals surface area (Å²) < 4.78 is 0. The summed E-state index contributed by atoms with van der Waals surface area (Å²) in [6.45, 7) is 1.66. The zero-order valence-electron chi connectivity index (χ0n) is 11.3. The van der Waals surface area contributed by atoms with Gasteiger partial charge in [-0.15, -0.1) is 0 Å². The molecule has 0 radical (unpaired) electrons. The Hall–Kier alpha value is -2.70. The Kier molecular flexibility index (Phi) is 2.97. The van der Waals surface area contributed by atoms with E-state index in [2.05, 4.69) is 10.6 Å². The van der Waals surface area contributed by atoms with Gasteiger partial charge in [0.1, 0.15) is 6.04 Å². The van der Waals surface area contributed by atoms with Gasteiger partial charge >= 0.3 is 0 Å². The number of amides is 4. The molecule has 0 spiro atoms. The van der Waals surface area contributed by atoms with Gasteiger partial charge in [0.15, 0.2) is 0 Å². The van der Waals surface area contributed by atoms with Crippen LogP contribution in [0.15, 0.2) is 18.2 Å². The molecule has 108 valence electrons. The summed E-state index contributed by atoms with van der Waals surface area (Å²) in [7, 11) is 0. The molecule has 2 heterocycles. The standard InChI is InChI=1S/C14H13N3O4/c1-7(18)15-9-2-3-10-8(4-9)6-17(14(10)21)11-5-12(19)16-13(11)20/h2-4,11H,5-6H2,1H3,(H,15,18)(H,16,19,20). The molecule has 7 nitrogen and oxygen atoms in total. The minimum atomic E-state index is -0.749. The van der Waals surface area contributed by atoms with Crippen molar-refractivity contribution in [3.05, 3.63) is 29.3 Å². The van der Waals surface area contributed by atoms with Crippen LogP contribution in [0.5, 0.6) is 0 Å². The van der Waals surface area contributed by atoms with Gasteiger partial charge in [-0.25, -0.2) is 0 Å². The fourth-order valence-corrected chi connectivity index (χ4v) is 2.67. The van der Waals surface area contributed by atoms with Crippen molar-refractivity contribution < 1.29 is 19.2 Å². The number of hydrogen-bond donors (Lipinski definition) is 2. The molecule has 21 heavy (non-hydrogen) atoms. The Morgan fingerprint density at radius 2 is 2.10 bits per heavy atom. The first-order chi connectivity index (χ1) is 9.95. The molecule has 4 amide bonds. The molecule has 3 rings (SSSR count). The van der Waals surface area contributed by atoms with Crippen LogP contribution in [0.2, 0.25) is 0 Å². The maximum absolute atomic E-state index is 12.3. The lowest BCUT2D eigenvalue weighted by atomic mass is 10.1. The summed E-state index contributed by atoms with van der Waals surface area (Å²) in [5.41, 5.74) is 1.83. The van der Waals surface area contributed by atoms with Crippen LogP contribution in [-0.4, -0.2) is 34.6 Å². The molecule has 2 aliphatic heterocycles. The van der Waals surface area contributed by atoms with Crippen molar-refractivity contribution in [2.45, 2.75) is 25.9 Å². The molecule has 0 bridgehead atoms. The highest BCUT2D eigenvalue weighted by Gasteiger charge is 2.41. The Morgan fingerprint density at radius 3 is 2.71 bits per heavy atom. The SMILES string of the molecule is CC(=O)Nc1ccc2c(c1)CN(C1CC(=O)NC1=O)C2=O. The number of fused-ring (bicyclic) bond motifs is 1. The van der Waals surface area contributed by atoms with Crippen molar-refractivity contribution in [2.24, 2.45) is 0 Å². The van der Waals surface area contributed by atoms with E-state index in [0.29, 0.717) is 11.3 Å². The second-order valence-corrected chi connectivity index (χ2v) is 5.12. The predicted octanol–water partition coefficient (Wildman–Crippen LogP) is 0.0159.